The number of imidazole rings is 1. The standard InChI is InChI=1S/C23H21ClN4/c1-14(2)26-22-17(12-16-8-4-5-9-19(16)24)15(3)18(13-25)23-27-20-10-6-7-11-21(20)28(22)23/h4-11,14,26H,12H2,1-3H3. The fourth-order valence-electron chi connectivity index (χ4n) is 3.66. The first-order chi connectivity index (χ1) is 13.5. The van der Waals surface area contributed by atoms with Crippen LogP contribution in [-0.2, 0) is 6.42 Å². The Bertz CT molecular complexity index is 1230. The van der Waals surface area contributed by atoms with Gasteiger partial charge in [-0.25, -0.2) is 4.98 Å². The van der Waals surface area contributed by atoms with Crippen LogP contribution in [0, 0.1) is 18.3 Å². The lowest BCUT2D eigenvalue weighted by Crippen LogP contribution is -2.17. The van der Waals surface area contributed by atoms with Gasteiger partial charge in [0.05, 0.1) is 16.6 Å². The first kappa shape index (κ1) is 18.3. The second-order valence-corrected chi connectivity index (χ2v) is 7.67. The summed E-state index contributed by atoms with van der Waals surface area (Å²) < 4.78 is 2.08. The first-order valence-corrected chi connectivity index (χ1v) is 9.71. The van der Waals surface area contributed by atoms with Gasteiger partial charge in [0, 0.05) is 23.0 Å². The Morgan fingerprint density at radius 2 is 1.86 bits per heavy atom. The topological polar surface area (TPSA) is 53.1 Å². The van der Waals surface area contributed by atoms with Gasteiger partial charge in [0.1, 0.15) is 11.9 Å². The third-order valence-electron chi connectivity index (χ3n) is 4.98. The molecule has 140 valence electrons. The van der Waals surface area contributed by atoms with E-state index in [0.717, 1.165) is 38.6 Å². The highest BCUT2D eigenvalue weighted by Gasteiger charge is 2.21. The number of pyridine rings is 1. The van der Waals surface area contributed by atoms with Crippen LogP contribution in [0.15, 0.2) is 48.5 Å². The van der Waals surface area contributed by atoms with Gasteiger partial charge in [-0.05, 0) is 50.1 Å². The zero-order chi connectivity index (χ0) is 19.8. The van der Waals surface area contributed by atoms with Crippen molar-refractivity contribution in [2.24, 2.45) is 0 Å². The minimum Gasteiger partial charge on any atom is -0.369 e. The molecule has 0 spiro atoms. The number of nitrogens with zero attached hydrogens (tertiary/aromatic N) is 3. The number of benzene rings is 2. The maximum atomic E-state index is 9.91. The van der Waals surface area contributed by atoms with Gasteiger partial charge in [-0.15, -0.1) is 0 Å². The van der Waals surface area contributed by atoms with Gasteiger partial charge < -0.3 is 5.32 Å². The van der Waals surface area contributed by atoms with E-state index in [1.807, 2.05) is 55.5 Å². The van der Waals surface area contributed by atoms with E-state index in [9.17, 15) is 5.26 Å². The highest BCUT2D eigenvalue weighted by atomic mass is 35.5. The Balaban J connectivity index is 2.10. The molecule has 2 aromatic heterocycles. The average Bonchev–Trinajstić information content (AvgIpc) is 3.05. The molecule has 0 aliphatic rings. The fourth-order valence-corrected chi connectivity index (χ4v) is 3.86. The largest absolute Gasteiger partial charge is 0.369 e. The summed E-state index contributed by atoms with van der Waals surface area (Å²) in [6.07, 6.45) is 0.637. The van der Waals surface area contributed by atoms with Crippen molar-refractivity contribution in [3.63, 3.8) is 0 Å². The number of anilines is 1. The van der Waals surface area contributed by atoms with Gasteiger partial charge in [-0.3, -0.25) is 4.40 Å². The maximum Gasteiger partial charge on any atom is 0.157 e. The van der Waals surface area contributed by atoms with Gasteiger partial charge in [-0.2, -0.15) is 5.26 Å². The minimum absolute atomic E-state index is 0.224. The zero-order valence-corrected chi connectivity index (χ0v) is 16.9. The summed E-state index contributed by atoms with van der Waals surface area (Å²) in [5, 5.41) is 14.2. The minimum atomic E-state index is 0.224. The van der Waals surface area contributed by atoms with E-state index < -0.39 is 0 Å². The normalized spacial score (nSPS) is 11.3. The molecule has 0 aliphatic carbocycles. The van der Waals surface area contributed by atoms with E-state index in [1.165, 1.54) is 0 Å². The monoisotopic (exact) mass is 388 g/mol. The Labute approximate surface area is 169 Å². The Hall–Kier alpha value is -3.03. The van der Waals surface area contributed by atoms with Crippen molar-refractivity contribution in [2.75, 3.05) is 5.32 Å². The third kappa shape index (κ3) is 2.98. The molecule has 0 saturated heterocycles. The maximum absolute atomic E-state index is 9.91. The zero-order valence-electron chi connectivity index (χ0n) is 16.1. The molecule has 5 heteroatoms. The SMILES string of the molecule is Cc1c(Cc2ccccc2Cl)c(NC(C)C)n2c(nc3ccccc32)c1C#N. The van der Waals surface area contributed by atoms with E-state index in [2.05, 4.69) is 29.6 Å². The number of hydrogen-bond donors (Lipinski definition) is 1. The van der Waals surface area contributed by atoms with E-state index >= 15 is 0 Å². The number of halogens is 1. The smallest absolute Gasteiger partial charge is 0.157 e. The molecular formula is C23H21ClN4. The molecule has 0 aliphatic heterocycles. The lowest BCUT2D eigenvalue weighted by molar-refractivity contribution is 0.876. The summed E-state index contributed by atoms with van der Waals surface area (Å²) in [5.41, 5.74) is 6.19. The van der Waals surface area contributed by atoms with Gasteiger partial charge >= 0.3 is 0 Å². The molecule has 2 aromatic carbocycles. The van der Waals surface area contributed by atoms with Crippen LogP contribution < -0.4 is 5.32 Å². The van der Waals surface area contributed by atoms with Gasteiger partial charge in [0.2, 0.25) is 0 Å². The van der Waals surface area contributed by atoms with Crippen LogP contribution in [0.2, 0.25) is 5.02 Å². The molecule has 0 saturated carbocycles. The molecule has 4 aromatic rings. The van der Waals surface area contributed by atoms with Gasteiger partial charge in [-0.1, -0.05) is 41.9 Å². The van der Waals surface area contributed by atoms with Crippen LogP contribution >= 0.6 is 11.6 Å². The summed E-state index contributed by atoms with van der Waals surface area (Å²) in [4.78, 5) is 4.75. The van der Waals surface area contributed by atoms with E-state index in [-0.39, 0.29) is 6.04 Å². The summed E-state index contributed by atoms with van der Waals surface area (Å²) >= 11 is 6.45. The molecule has 0 radical (unpaired) electrons. The van der Waals surface area contributed by atoms with Crippen molar-refractivity contribution in [1.29, 1.82) is 5.26 Å². The third-order valence-corrected chi connectivity index (χ3v) is 5.35. The quantitative estimate of drug-likeness (QED) is 0.485. The summed E-state index contributed by atoms with van der Waals surface area (Å²) in [5.74, 6) is 0.968. The number of para-hydroxylation sites is 2. The first-order valence-electron chi connectivity index (χ1n) is 9.34. The number of hydrogen-bond acceptors (Lipinski definition) is 3. The van der Waals surface area contributed by atoms with Crippen LogP contribution in [0.5, 0.6) is 0 Å². The van der Waals surface area contributed by atoms with E-state index in [0.29, 0.717) is 17.6 Å². The van der Waals surface area contributed by atoms with Gasteiger partial charge in [0.25, 0.3) is 0 Å². The number of rotatable bonds is 4. The Morgan fingerprint density at radius 1 is 1.14 bits per heavy atom. The predicted octanol–water partition coefficient (Wildman–Crippen LogP) is 5.73. The number of nitrogens with one attached hydrogen (secondary N) is 1. The van der Waals surface area contributed by atoms with Gasteiger partial charge in [0.15, 0.2) is 5.65 Å². The van der Waals surface area contributed by atoms with Crippen molar-refractivity contribution in [3.05, 3.63) is 75.8 Å². The molecule has 4 nitrogen and oxygen atoms in total. The van der Waals surface area contributed by atoms with E-state index in [4.69, 9.17) is 16.6 Å². The van der Waals surface area contributed by atoms with Crippen molar-refractivity contribution in [2.45, 2.75) is 33.2 Å². The lowest BCUT2D eigenvalue weighted by atomic mass is 9.97. The second-order valence-electron chi connectivity index (χ2n) is 7.27. The van der Waals surface area contributed by atoms with Crippen molar-refractivity contribution < 1.29 is 0 Å². The number of nitriles is 1. The van der Waals surface area contributed by atoms with Crippen LogP contribution in [0.3, 0.4) is 0 Å². The van der Waals surface area contributed by atoms with Crippen molar-refractivity contribution >= 4 is 34.1 Å². The van der Waals surface area contributed by atoms with Crippen LogP contribution in [-0.4, -0.2) is 15.4 Å². The molecule has 1 N–H and O–H groups in total. The molecule has 28 heavy (non-hydrogen) atoms. The molecular weight excluding hydrogens is 368 g/mol. The Kier molecular flexibility index (Phi) is 4.70. The highest BCUT2D eigenvalue weighted by molar-refractivity contribution is 6.31. The predicted molar refractivity (Wildman–Crippen MR) is 115 cm³/mol. The molecule has 0 atom stereocenters. The van der Waals surface area contributed by atoms with E-state index in [1.54, 1.807) is 0 Å². The molecule has 2 heterocycles. The molecule has 0 bridgehead atoms. The van der Waals surface area contributed by atoms with Crippen molar-refractivity contribution in [1.82, 2.24) is 9.38 Å². The van der Waals surface area contributed by atoms with Crippen LogP contribution in [0.4, 0.5) is 5.82 Å². The number of fused-ring (bicyclic) bond motifs is 3. The molecule has 0 unspecified atom stereocenters. The lowest BCUT2D eigenvalue weighted by Gasteiger charge is -2.21. The Morgan fingerprint density at radius 3 is 2.57 bits per heavy atom. The average molecular weight is 389 g/mol. The molecule has 0 amide bonds. The number of aromatic nitrogens is 2. The summed E-state index contributed by atoms with van der Waals surface area (Å²) in [6.45, 7) is 6.21. The highest BCUT2D eigenvalue weighted by Crippen LogP contribution is 2.33. The van der Waals surface area contributed by atoms with Crippen LogP contribution in [0.25, 0.3) is 16.7 Å². The van der Waals surface area contributed by atoms with Crippen LogP contribution in [0.1, 0.15) is 36.1 Å². The molecule has 4 rings (SSSR count). The fraction of sp³-hybridized carbons (Fsp3) is 0.217. The molecule has 0 fully saturated rings. The van der Waals surface area contributed by atoms with Crippen molar-refractivity contribution in [3.8, 4) is 6.07 Å². The summed E-state index contributed by atoms with van der Waals surface area (Å²) in [7, 11) is 0. The second kappa shape index (κ2) is 7.18. The summed E-state index contributed by atoms with van der Waals surface area (Å²) in [6, 6.07) is 18.4.